The van der Waals surface area contributed by atoms with Crippen LogP contribution >= 0.6 is 0 Å². The van der Waals surface area contributed by atoms with Gasteiger partial charge in [-0.25, -0.2) is 0 Å². The molecule has 0 aromatic carbocycles. The predicted octanol–water partition coefficient (Wildman–Crippen LogP) is 11.8. The number of hydrogen-bond acceptors (Lipinski definition) is 5. The Bertz CT molecular complexity index is 560. The molecule has 1 aliphatic carbocycles. The highest BCUT2D eigenvalue weighted by Gasteiger charge is 2.39. The molecule has 1 saturated carbocycles. The SMILES string of the molecule is CC.CC.CC.CC(C)(CCO)C1(C)CCCCCCCCC1.CC(C)CC(C)N.CCN(C)CCNCC(C)(C)OCCC(C)C. The van der Waals surface area contributed by atoms with Crippen LogP contribution in [-0.2, 0) is 4.74 Å². The van der Waals surface area contributed by atoms with Gasteiger partial charge < -0.3 is 25.8 Å². The molecule has 1 atom stereocenters. The second-order valence-corrected chi connectivity index (χ2v) is 15.4. The highest BCUT2D eigenvalue weighted by atomic mass is 16.5. The number of rotatable bonds is 15. The van der Waals surface area contributed by atoms with Gasteiger partial charge in [0.25, 0.3) is 0 Å². The summed E-state index contributed by atoms with van der Waals surface area (Å²) in [5.41, 5.74) is 6.14. The number of nitrogens with one attached hydrogen (secondary N) is 1. The monoisotopic (exact) mass is 676 g/mol. The third kappa shape index (κ3) is 38.5. The zero-order valence-corrected chi connectivity index (χ0v) is 36.3. The Hall–Kier alpha value is -0.200. The van der Waals surface area contributed by atoms with E-state index in [-0.39, 0.29) is 11.0 Å². The summed E-state index contributed by atoms with van der Waals surface area (Å²) in [6, 6.07) is 0.375. The Morgan fingerprint density at radius 3 is 1.60 bits per heavy atom. The van der Waals surface area contributed by atoms with Gasteiger partial charge in [-0.2, -0.15) is 0 Å². The van der Waals surface area contributed by atoms with Crippen molar-refractivity contribution in [1.82, 2.24) is 10.2 Å². The Kier molecular flexibility index (Phi) is 44.3. The lowest BCUT2D eigenvalue weighted by atomic mass is 9.60. The molecule has 0 radical (unpaired) electrons. The van der Waals surface area contributed by atoms with Crippen LogP contribution in [0.15, 0.2) is 0 Å². The maximum absolute atomic E-state index is 9.27. The van der Waals surface area contributed by atoms with E-state index in [1.165, 1.54) is 57.8 Å². The van der Waals surface area contributed by atoms with Crippen molar-refractivity contribution in [1.29, 1.82) is 0 Å². The summed E-state index contributed by atoms with van der Waals surface area (Å²) >= 11 is 0. The van der Waals surface area contributed by atoms with Crippen molar-refractivity contribution in [2.24, 2.45) is 28.4 Å². The van der Waals surface area contributed by atoms with Crippen LogP contribution in [0.3, 0.4) is 0 Å². The third-order valence-corrected chi connectivity index (χ3v) is 9.12. The Morgan fingerprint density at radius 2 is 1.26 bits per heavy atom. The van der Waals surface area contributed by atoms with E-state index >= 15 is 0 Å². The Labute approximate surface area is 300 Å². The van der Waals surface area contributed by atoms with Crippen molar-refractivity contribution in [2.75, 3.05) is 46.4 Å². The van der Waals surface area contributed by atoms with Gasteiger partial charge >= 0.3 is 0 Å². The number of ether oxygens (including phenoxy) is 1. The zero-order chi connectivity index (χ0) is 38.0. The smallest absolute Gasteiger partial charge is 0.0750 e. The Morgan fingerprint density at radius 1 is 0.809 bits per heavy atom. The van der Waals surface area contributed by atoms with E-state index < -0.39 is 0 Å². The molecule has 0 bridgehead atoms. The average Bonchev–Trinajstić information content (AvgIpc) is 3.01. The molecule has 5 heteroatoms. The molecule has 0 aromatic rings. The fourth-order valence-corrected chi connectivity index (χ4v) is 5.48. The molecule has 1 unspecified atom stereocenters. The summed E-state index contributed by atoms with van der Waals surface area (Å²) in [5.74, 6) is 1.47. The molecular formula is C42H97N3O2. The maximum Gasteiger partial charge on any atom is 0.0750 e. The number of likely N-dealkylation sites (N-methyl/N-ethyl adjacent to an activating group) is 1. The van der Waals surface area contributed by atoms with Crippen molar-refractivity contribution in [2.45, 2.75) is 206 Å². The second kappa shape index (κ2) is 37.1. The summed E-state index contributed by atoms with van der Waals surface area (Å²) in [4.78, 5) is 2.31. The van der Waals surface area contributed by atoms with Gasteiger partial charge in [-0.15, -0.1) is 0 Å². The van der Waals surface area contributed by atoms with E-state index in [0.29, 0.717) is 18.1 Å². The fourth-order valence-electron chi connectivity index (χ4n) is 5.48. The maximum atomic E-state index is 9.27. The highest BCUT2D eigenvalue weighted by Crippen LogP contribution is 2.49. The van der Waals surface area contributed by atoms with E-state index in [0.717, 1.165) is 63.9 Å². The number of nitrogens with zero attached hydrogens (tertiary/aromatic N) is 1. The number of aliphatic hydroxyl groups excluding tert-OH is 1. The molecule has 0 aliphatic heterocycles. The molecule has 1 aliphatic rings. The molecule has 0 saturated heterocycles. The average molecular weight is 676 g/mol. The van der Waals surface area contributed by atoms with Gasteiger partial charge in [0, 0.05) is 38.9 Å². The molecule has 0 amide bonds. The van der Waals surface area contributed by atoms with Gasteiger partial charge in [-0.05, 0) is 89.1 Å². The van der Waals surface area contributed by atoms with Gasteiger partial charge in [-0.1, -0.05) is 142 Å². The van der Waals surface area contributed by atoms with Crippen LogP contribution in [0.1, 0.15) is 195 Å². The van der Waals surface area contributed by atoms with E-state index in [4.69, 9.17) is 10.5 Å². The molecule has 4 N–H and O–H groups in total. The van der Waals surface area contributed by atoms with Crippen LogP contribution in [0, 0.1) is 22.7 Å². The van der Waals surface area contributed by atoms with E-state index in [9.17, 15) is 5.11 Å². The largest absolute Gasteiger partial charge is 0.396 e. The third-order valence-electron chi connectivity index (χ3n) is 9.12. The minimum atomic E-state index is -0.0559. The lowest BCUT2D eigenvalue weighted by Crippen LogP contribution is -2.40. The topological polar surface area (TPSA) is 70.8 Å². The highest BCUT2D eigenvalue weighted by molar-refractivity contribution is 4.89. The molecule has 47 heavy (non-hydrogen) atoms. The van der Waals surface area contributed by atoms with Crippen LogP contribution in [0.25, 0.3) is 0 Å². The minimum absolute atomic E-state index is 0.0559. The van der Waals surface area contributed by atoms with Crippen molar-refractivity contribution in [3.8, 4) is 0 Å². The standard InChI is InChI=1S/C16H32O.C14H32N2O.C6H15N.3C2H6/c1-15(2,13-14-17)16(3)11-9-7-5-4-6-8-10-12-16;1-7-16(6)10-9-15-12-14(4,5)17-11-8-13(2)3;1-5(2)4-6(3)7;3*1-2/h17H,4-14H2,1-3H3;13,15H,7-12H2,1-6H3;5-6H,4,7H2,1-3H3;3*1-2H3. The van der Waals surface area contributed by atoms with Gasteiger partial charge in [0.05, 0.1) is 5.60 Å². The van der Waals surface area contributed by atoms with Crippen LogP contribution in [0.4, 0.5) is 0 Å². The lowest BCUT2D eigenvalue weighted by Gasteiger charge is -2.45. The summed E-state index contributed by atoms with van der Waals surface area (Å²) in [5, 5.41) is 12.7. The van der Waals surface area contributed by atoms with Crippen molar-refractivity contribution < 1.29 is 9.84 Å². The minimum Gasteiger partial charge on any atom is -0.396 e. The summed E-state index contributed by atoms with van der Waals surface area (Å²) < 4.78 is 5.90. The molecule has 292 valence electrons. The summed E-state index contributed by atoms with van der Waals surface area (Å²) in [6.07, 6.45) is 15.8. The quantitative estimate of drug-likeness (QED) is 0.151. The van der Waals surface area contributed by atoms with E-state index in [2.05, 4.69) is 86.5 Å². The molecule has 1 rings (SSSR count). The van der Waals surface area contributed by atoms with E-state index in [1.807, 2.05) is 48.5 Å². The molecule has 0 spiro atoms. The van der Waals surface area contributed by atoms with Crippen LogP contribution in [0.2, 0.25) is 0 Å². The first-order chi connectivity index (χ1) is 22.0. The van der Waals surface area contributed by atoms with Crippen molar-refractivity contribution >= 4 is 0 Å². The summed E-state index contributed by atoms with van der Waals surface area (Å²) in [6.45, 7) is 41.9. The second-order valence-electron chi connectivity index (χ2n) is 15.4. The predicted molar refractivity (Wildman–Crippen MR) is 218 cm³/mol. The molecule has 0 heterocycles. The van der Waals surface area contributed by atoms with Crippen LogP contribution in [-0.4, -0.2) is 68.1 Å². The van der Waals surface area contributed by atoms with Crippen LogP contribution < -0.4 is 11.1 Å². The molecule has 5 nitrogen and oxygen atoms in total. The normalized spacial score (nSPS) is 15.6. The first kappa shape index (κ1) is 56.2. The van der Waals surface area contributed by atoms with Crippen LogP contribution in [0.5, 0.6) is 0 Å². The Balaban J connectivity index is -0.000000184. The molecule has 0 aromatic heterocycles. The fraction of sp³-hybridized carbons (Fsp3) is 1.00. The summed E-state index contributed by atoms with van der Waals surface area (Å²) in [7, 11) is 2.14. The molecule has 1 fully saturated rings. The van der Waals surface area contributed by atoms with Gasteiger partial charge in [0.15, 0.2) is 0 Å². The molecular weight excluding hydrogens is 578 g/mol. The van der Waals surface area contributed by atoms with Gasteiger partial charge in [0.2, 0.25) is 0 Å². The number of aliphatic hydroxyl groups is 1. The van der Waals surface area contributed by atoms with Crippen molar-refractivity contribution in [3.05, 3.63) is 0 Å². The van der Waals surface area contributed by atoms with Gasteiger partial charge in [0.1, 0.15) is 0 Å². The number of nitrogens with two attached hydrogens (primary N) is 1. The van der Waals surface area contributed by atoms with E-state index in [1.54, 1.807) is 0 Å². The number of hydrogen-bond donors (Lipinski definition) is 3. The zero-order valence-electron chi connectivity index (χ0n) is 36.3. The first-order valence-corrected chi connectivity index (χ1v) is 20.4. The van der Waals surface area contributed by atoms with Crippen molar-refractivity contribution in [3.63, 3.8) is 0 Å². The van der Waals surface area contributed by atoms with Gasteiger partial charge in [-0.3, -0.25) is 0 Å². The first-order valence-electron chi connectivity index (χ1n) is 20.4. The lowest BCUT2D eigenvalue weighted by molar-refractivity contribution is -0.0208.